The standard InChI is InChI=1S/C19H30N2/c1-14-4-9-18(10-5-14)21(3)19-11-6-16(15(2)12-19)13-20-17-7-8-17/h6,11-12,14,17-18,20H,4-5,7-10,13H2,1-3H3. The molecule has 116 valence electrons. The van der Waals surface area contributed by atoms with Crippen molar-refractivity contribution < 1.29 is 0 Å². The lowest BCUT2D eigenvalue weighted by Gasteiger charge is -2.35. The first-order valence-electron chi connectivity index (χ1n) is 8.69. The molecule has 1 aromatic rings. The zero-order valence-electron chi connectivity index (χ0n) is 13.9. The number of nitrogens with zero attached hydrogens (tertiary/aromatic N) is 1. The summed E-state index contributed by atoms with van der Waals surface area (Å²) in [7, 11) is 2.28. The zero-order valence-corrected chi connectivity index (χ0v) is 13.9. The molecule has 0 spiro atoms. The van der Waals surface area contributed by atoms with Crippen molar-refractivity contribution in [1.29, 1.82) is 0 Å². The maximum Gasteiger partial charge on any atom is 0.0368 e. The van der Waals surface area contributed by atoms with Crippen molar-refractivity contribution in [3.8, 4) is 0 Å². The van der Waals surface area contributed by atoms with E-state index in [1.165, 1.54) is 55.3 Å². The van der Waals surface area contributed by atoms with Crippen molar-refractivity contribution in [1.82, 2.24) is 5.32 Å². The van der Waals surface area contributed by atoms with Gasteiger partial charge >= 0.3 is 0 Å². The van der Waals surface area contributed by atoms with E-state index in [-0.39, 0.29) is 0 Å². The van der Waals surface area contributed by atoms with Gasteiger partial charge < -0.3 is 10.2 Å². The van der Waals surface area contributed by atoms with Gasteiger partial charge in [0.2, 0.25) is 0 Å². The van der Waals surface area contributed by atoms with Crippen LogP contribution < -0.4 is 10.2 Å². The van der Waals surface area contributed by atoms with Gasteiger partial charge in [0.05, 0.1) is 0 Å². The summed E-state index contributed by atoms with van der Waals surface area (Å²) in [6.07, 6.45) is 8.19. The van der Waals surface area contributed by atoms with Gasteiger partial charge in [-0.3, -0.25) is 0 Å². The number of hydrogen-bond acceptors (Lipinski definition) is 2. The molecule has 0 bridgehead atoms. The fraction of sp³-hybridized carbons (Fsp3) is 0.684. The molecule has 1 N–H and O–H groups in total. The van der Waals surface area contributed by atoms with E-state index in [0.717, 1.165) is 24.5 Å². The van der Waals surface area contributed by atoms with Crippen LogP contribution >= 0.6 is 0 Å². The van der Waals surface area contributed by atoms with Crippen molar-refractivity contribution in [2.45, 2.75) is 71.0 Å². The highest BCUT2D eigenvalue weighted by Gasteiger charge is 2.23. The number of hydrogen-bond donors (Lipinski definition) is 1. The molecule has 2 saturated carbocycles. The van der Waals surface area contributed by atoms with Crippen molar-refractivity contribution in [2.75, 3.05) is 11.9 Å². The lowest BCUT2D eigenvalue weighted by Crippen LogP contribution is -2.34. The normalized spacial score (nSPS) is 25.9. The molecule has 21 heavy (non-hydrogen) atoms. The third-order valence-corrected chi connectivity index (χ3v) is 5.43. The molecule has 0 aromatic heterocycles. The Morgan fingerprint density at radius 2 is 1.81 bits per heavy atom. The number of anilines is 1. The van der Waals surface area contributed by atoms with Crippen LogP contribution in [0, 0.1) is 12.8 Å². The lowest BCUT2D eigenvalue weighted by atomic mass is 9.86. The second-order valence-corrected chi connectivity index (χ2v) is 7.29. The van der Waals surface area contributed by atoms with Gasteiger partial charge in [0.1, 0.15) is 0 Å². The molecular weight excluding hydrogens is 256 g/mol. The van der Waals surface area contributed by atoms with Gasteiger partial charge in [-0.2, -0.15) is 0 Å². The zero-order chi connectivity index (χ0) is 14.8. The average Bonchev–Trinajstić information content (AvgIpc) is 3.30. The smallest absolute Gasteiger partial charge is 0.0368 e. The fourth-order valence-corrected chi connectivity index (χ4v) is 3.48. The lowest BCUT2D eigenvalue weighted by molar-refractivity contribution is 0.341. The molecule has 2 heteroatoms. The Labute approximate surface area is 129 Å². The van der Waals surface area contributed by atoms with Crippen LogP contribution in [-0.2, 0) is 6.54 Å². The molecule has 0 amide bonds. The summed E-state index contributed by atoms with van der Waals surface area (Å²) < 4.78 is 0. The second kappa shape index (κ2) is 6.39. The van der Waals surface area contributed by atoms with E-state index < -0.39 is 0 Å². The van der Waals surface area contributed by atoms with E-state index in [0.29, 0.717) is 0 Å². The highest BCUT2D eigenvalue weighted by molar-refractivity contribution is 5.51. The van der Waals surface area contributed by atoms with E-state index in [1.54, 1.807) is 0 Å². The molecule has 0 heterocycles. The molecule has 2 nitrogen and oxygen atoms in total. The van der Waals surface area contributed by atoms with E-state index in [2.05, 4.69) is 49.3 Å². The minimum Gasteiger partial charge on any atom is -0.372 e. The van der Waals surface area contributed by atoms with Gasteiger partial charge in [-0.15, -0.1) is 0 Å². The highest BCUT2D eigenvalue weighted by Crippen LogP contribution is 2.30. The molecular formula is C19H30N2. The van der Waals surface area contributed by atoms with Crippen molar-refractivity contribution in [3.63, 3.8) is 0 Å². The van der Waals surface area contributed by atoms with Crippen molar-refractivity contribution in [3.05, 3.63) is 29.3 Å². The molecule has 2 fully saturated rings. The summed E-state index contributed by atoms with van der Waals surface area (Å²) in [5, 5.41) is 3.62. The summed E-state index contributed by atoms with van der Waals surface area (Å²) >= 11 is 0. The summed E-state index contributed by atoms with van der Waals surface area (Å²) in [6, 6.07) is 8.53. The van der Waals surface area contributed by atoms with Crippen LogP contribution in [0.2, 0.25) is 0 Å². The van der Waals surface area contributed by atoms with Crippen LogP contribution in [0.15, 0.2) is 18.2 Å². The number of rotatable bonds is 5. The SMILES string of the molecule is Cc1cc(N(C)C2CCC(C)CC2)ccc1CNC1CC1. The Morgan fingerprint density at radius 1 is 1.10 bits per heavy atom. The monoisotopic (exact) mass is 286 g/mol. The molecule has 3 rings (SSSR count). The molecule has 0 saturated heterocycles. The Kier molecular flexibility index (Phi) is 4.54. The first-order valence-corrected chi connectivity index (χ1v) is 8.69. The van der Waals surface area contributed by atoms with Crippen molar-refractivity contribution >= 4 is 5.69 Å². The number of aryl methyl sites for hydroxylation is 1. The van der Waals surface area contributed by atoms with Crippen molar-refractivity contribution in [2.24, 2.45) is 5.92 Å². The molecule has 2 aliphatic rings. The Bertz CT molecular complexity index is 470. The molecule has 2 aliphatic carbocycles. The minimum absolute atomic E-state index is 0.732. The topological polar surface area (TPSA) is 15.3 Å². The molecule has 1 aromatic carbocycles. The Hall–Kier alpha value is -1.02. The van der Waals surface area contributed by atoms with Gasteiger partial charge in [0, 0.05) is 31.4 Å². The van der Waals surface area contributed by atoms with E-state index in [4.69, 9.17) is 0 Å². The van der Waals surface area contributed by atoms with E-state index in [1.807, 2.05) is 0 Å². The van der Waals surface area contributed by atoms with Crippen LogP contribution in [0.3, 0.4) is 0 Å². The Morgan fingerprint density at radius 3 is 2.43 bits per heavy atom. The predicted molar refractivity (Wildman–Crippen MR) is 90.9 cm³/mol. The summed E-state index contributed by atoms with van der Waals surface area (Å²) in [5.74, 6) is 0.923. The van der Waals surface area contributed by atoms with Crippen LogP contribution in [-0.4, -0.2) is 19.1 Å². The average molecular weight is 286 g/mol. The van der Waals surface area contributed by atoms with Gasteiger partial charge in [-0.25, -0.2) is 0 Å². The second-order valence-electron chi connectivity index (χ2n) is 7.29. The maximum atomic E-state index is 3.62. The quantitative estimate of drug-likeness (QED) is 0.870. The summed E-state index contributed by atoms with van der Waals surface area (Å²) in [5.41, 5.74) is 4.27. The molecule has 0 atom stereocenters. The maximum absolute atomic E-state index is 3.62. The predicted octanol–water partition coefficient (Wildman–Crippen LogP) is 4.26. The largest absolute Gasteiger partial charge is 0.372 e. The van der Waals surface area contributed by atoms with Crippen LogP contribution in [0.4, 0.5) is 5.69 Å². The van der Waals surface area contributed by atoms with Gasteiger partial charge in [-0.1, -0.05) is 13.0 Å². The molecule has 0 unspecified atom stereocenters. The fourth-order valence-electron chi connectivity index (χ4n) is 3.48. The first-order chi connectivity index (χ1) is 10.1. The number of benzene rings is 1. The van der Waals surface area contributed by atoms with E-state index in [9.17, 15) is 0 Å². The molecule has 0 aliphatic heterocycles. The van der Waals surface area contributed by atoms with Crippen LogP contribution in [0.5, 0.6) is 0 Å². The number of nitrogens with one attached hydrogen (secondary N) is 1. The molecule has 0 radical (unpaired) electrons. The Balaban J connectivity index is 1.62. The first kappa shape index (κ1) is 14.9. The van der Waals surface area contributed by atoms with Gasteiger partial charge in [0.25, 0.3) is 0 Å². The van der Waals surface area contributed by atoms with E-state index >= 15 is 0 Å². The summed E-state index contributed by atoms with van der Waals surface area (Å²) in [6.45, 7) is 5.67. The van der Waals surface area contributed by atoms with Gasteiger partial charge in [-0.05, 0) is 74.6 Å². The van der Waals surface area contributed by atoms with Gasteiger partial charge in [0.15, 0.2) is 0 Å². The van der Waals surface area contributed by atoms with Crippen LogP contribution in [0.25, 0.3) is 0 Å². The minimum atomic E-state index is 0.732. The highest BCUT2D eigenvalue weighted by atomic mass is 15.1. The summed E-state index contributed by atoms with van der Waals surface area (Å²) in [4.78, 5) is 2.51. The van der Waals surface area contributed by atoms with Crippen LogP contribution in [0.1, 0.15) is 56.6 Å². The third kappa shape index (κ3) is 3.79. The third-order valence-electron chi connectivity index (χ3n) is 5.43.